The molecule has 0 bridgehead atoms. The van der Waals surface area contributed by atoms with Crippen molar-refractivity contribution >= 4 is 11.9 Å². The molecule has 1 aromatic rings. The molecule has 18 heavy (non-hydrogen) atoms. The van der Waals surface area contributed by atoms with E-state index in [0.717, 1.165) is 12.8 Å². The minimum atomic E-state index is -0.810. The molecule has 0 spiro atoms. The SMILES string of the molecule is Cc1oncc1C(=O)N1CCCC(CC(=O)O)C1. The molecule has 1 unspecified atom stereocenters. The van der Waals surface area contributed by atoms with Gasteiger partial charge in [0.2, 0.25) is 0 Å². The molecule has 1 aliphatic heterocycles. The zero-order chi connectivity index (χ0) is 13.1. The Kier molecular flexibility index (Phi) is 3.64. The fourth-order valence-corrected chi connectivity index (χ4v) is 2.34. The van der Waals surface area contributed by atoms with Crippen LogP contribution in [-0.4, -0.2) is 40.1 Å². The summed E-state index contributed by atoms with van der Waals surface area (Å²) in [6.07, 6.45) is 3.23. The third-order valence-corrected chi connectivity index (χ3v) is 3.25. The summed E-state index contributed by atoms with van der Waals surface area (Å²) in [7, 11) is 0. The van der Waals surface area contributed by atoms with Crippen LogP contribution in [0.3, 0.4) is 0 Å². The largest absolute Gasteiger partial charge is 0.481 e. The number of rotatable bonds is 3. The molecule has 0 aromatic carbocycles. The molecule has 6 nitrogen and oxygen atoms in total. The summed E-state index contributed by atoms with van der Waals surface area (Å²) in [5.41, 5.74) is 0.464. The number of aryl methyl sites for hydroxylation is 1. The Morgan fingerprint density at radius 2 is 2.39 bits per heavy atom. The van der Waals surface area contributed by atoms with Crippen LogP contribution in [0, 0.1) is 12.8 Å². The summed E-state index contributed by atoms with van der Waals surface area (Å²) in [4.78, 5) is 24.6. The van der Waals surface area contributed by atoms with Gasteiger partial charge in [0.25, 0.3) is 5.91 Å². The van der Waals surface area contributed by atoms with Crippen LogP contribution >= 0.6 is 0 Å². The number of aliphatic carboxylic acids is 1. The first kappa shape index (κ1) is 12.6. The minimum absolute atomic E-state index is 0.0420. The number of hydrogen-bond acceptors (Lipinski definition) is 4. The molecule has 1 atom stereocenters. The zero-order valence-electron chi connectivity index (χ0n) is 10.3. The zero-order valence-corrected chi connectivity index (χ0v) is 10.3. The molecule has 0 radical (unpaired) electrons. The highest BCUT2D eigenvalue weighted by Gasteiger charge is 2.27. The molecule has 1 aromatic heterocycles. The van der Waals surface area contributed by atoms with Gasteiger partial charge in [0, 0.05) is 19.5 Å². The van der Waals surface area contributed by atoms with Gasteiger partial charge < -0.3 is 14.5 Å². The van der Waals surface area contributed by atoms with E-state index in [-0.39, 0.29) is 18.2 Å². The van der Waals surface area contributed by atoms with Crippen LogP contribution in [0.2, 0.25) is 0 Å². The molecule has 2 heterocycles. The van der Waals surface area contributed by atoms with E-state index < -0.39 is 5.97 Å². The molecule has 0 saturated carbocycles. The van der Waals surface area contributed by atoms with Crippen molar-refractivity contribution in [3.05, 3.63) is 17.5 Å². The van der Waals surface area contributed by atoms with Gasteiger partial charge in [0.05, 0.1) is 6.20 Å². The molecule has 1 saturated heterocycles. The molecule has 98 valence electrons. The fraction of sp³-hybridized carbons (Fsp3) is 0.583. The normalized spacial score (nSPS) is 19.8. The smallest absolute Gasteiger partial charge is 0.303 e. The van der Waals surface area contributed by atoms with Gasteiger partial charge in [0.15, 0.2) is 0 Å². The van der Waals surface area contributed by atoms with Gasteiger partial charge in [-0.3, -0.25) is 9.59 Å². The highest BCUT2D eigenvalue weighted by molar-refractivity contribution is 5.94. The third kappa shape index (κ3) is 2.69. The van der Waals surface area contributed by atoms with Gasteiger partial charge >= 0.3 is 5.97 Å². The number of carboxylic acid groups (broad SMARTS) is 1. The monoisotopic (exact) mass is 252 g/mol. The van der Waals surface area contributed by atoms with Gasteiger partial charge in [-0.05, 0) is 25.7 Å². The molecule has 6 heteroatoms. The first-order valence-corrected chi connectivity index (χ1v) is 6.00. The Bertz CT molecular complexity index is 455. The lowest BCUT2D eigenvalue weighted by Gasteiger charge is -2.31. The number of likely N-dealkylation sites (tertiary alicyclic amines) is 1. The molecule has 1 aliphatic rings. The molecule has 1 N–H and O–H groups in total. The maximum atomic E-state index is 12.2. The molecule has 1 amide bonds. The van der Waals surface area contributed by atoms with Crippen LogP contribution < -0.4 is 0 Å². The van der Waals surface area contributed by atoms with E-state index in [0.29, 0.717) is 24.4 Å². The number of amides is 1. The van der Waals surface area contributed by atoms with E-state index in [1.54, 1.807) is 11.8 Å². The quantitative estimate of drug-likeness (QED) is 0.876. The van der Waals surface area contributed by atoms with Gasteiger partial charge in [-0.2, -0.15) is 0 Å². The van der Waals surface area contributed by atoms with Crippen LogP contribution in [0.4, 0.5) is 0 Å². The van der Waals surface area contributed by atoms with Gasteiger partial charge in [-0.1, -0.05) is 5.16 Å². The maximum Gasteiger partial charge on any atom is 0.303 e. The van der Waals surface area contributed by atoms with Gasteiger partial charge in [0.1, 0.15) is 11.3 Å². The second kappa shape index (κ2) is 5.20. The van der Waals surface area contributed by atoms with Crippen molar-refractivity contribution in [1.29, 1.82) is 0 Å². The van der Waals surface area contributed by atoms with Crippen molar-refractivity contribution in [2.24, 2.45) is 5.92 Å². The van der Waals surface area contributed by atoms with Crippen molar-refractivity contribution in [3.63, 3.8) is 0 Å². The van der Waals surface area contributed by atoms with Crippen LogP contribution in [0.5, 0.6) is 0 Å². The van der Waals surface area contributed by atoms with E-state index in [1.807, 2.05) is 0 Å². The van der Waals surface area contributed by atoms with Gasteiger partial charge in [-0.25, -0.2) is 0 Å². The Morgan fingerprint density at radius 1 is 1.61 bits per heavy atom. The number of hydrogen-bond donors (Lipinski definition) is 1. The number of piperidine rings is 1. The summed E-state index contributed by atoms with van der Waals surface area (Å²) in [6, 6.07) is 0. The van der Waals surface area contributed by atoms with Crippen LogP contribution in [-0.2, 0) is 4.79 Å². The summed E-state index contributed by atoms with van der Waals surface area (Å²) in [5, 5.41) is 12.4. The summed E-state index contributed by atoms with van der Waals surface area (Å²) < 4.78 is 4.88. The van der Waals surface area contributed by atoms with Crippen molar-refractivity contribution in [3.8, 4) is 0 Å². The van der Waals surface area contributed by atoms with E-state index >= 15 is 0 Å². The maximum absolute atomic E-state index is 12.2. The van der Waals surface area contributed by atoms with Crippen molar-refractivity contribution in [1.82, 2.24) is 10.1 Å². The van der Waals surface area contributed by atoms with E-state index in [1.165, 1.54) is 6.20 Å². The Balaban J connectivity index is 2.03. The second-order valence-corrected chi connectivity index (χ2v) is 4.65. The van der Waals surface area contributed by atoms with E-state index in [9.17, 15) is 9.59 Å². The molecule has 2 rings (SSSR count). The Hall–Kier alpha value is -1.85. The molecule has 0 aliphatic carbocycles. The number of nitrogens with zero attached hydrogens (tertiary/aromatic N) is 2. The molecular weight excluding hydrogens is 236 g/mol. The van der Waals surface area contributed by atoms with Crippen LogP contribution in [0.15, 0.2) is 10.7 Å². The highest BCUT2D eigenvalue weighted by Crippen LogP contribution is 2.22. The second-order valence-electron chi connectivity index (χ2n) is 4.65. The fourth-order valence-electron chi connectivity index (χ4n) is 2.34. The van der Waals surface area contributed by atoms with Crippen LogP contribution in [0.1, 0.15) is 35.4 Å². The lowest BCUT2D eigenvalue weighted by molar-refractivity contribution is -0.138. The Morgan fingerprint density at radius 3 is 3.00 bits per heavy atom. The van der Waals surface area contributed by atoms with Crippen molar-refractivity contribution in [2.75, 3.05) is 13.1 Å². The standard InChI is InChI=1S/C12H16N2O4/c1-8-10(6-13-18-8)12(17)14-4-2-3-9(7-14)5-11(15)16/h6,9H,2-5,7H2,1H3,(H,15,16). The topological polar surface area (TPSA) is 83.6 Å². The molecule has 1 fully saturated rings. The highest BCUT2D eigenvalue weighted by atomic mass is 16.5. The Labute approximate surface area is 105 Å². The number of carbonyl (C=O) groups excluding carboxylic acids is 1. The predicted octanol–water partition coefficient (Wildman–Crippen LogP) is 1.31. The van der Waals surface area contributed by atoms with Crippen molar-refractivity contribution in [2.45, 2.75) is 26.2 Å². The van der Waals surface area contributed by atoms with E-state index in [2.05, 4.69) is 5.16 Å². The van der Waals surface area contributed by atoms with Gasteiger partial charge in [-0.15, -0.1) is 0 Å². The average Bonchev–Trinajstić information content (AvgIpc) is 2.74. The number of aromatic nitrogens is 1. The van der Waals surface area contributed by atoms with Crippen LogP contribution in [0.25, 0.3) is 0 Å². The lowest BCUT2D eigenvalue weighted by atomic mass is 9.94. The average molecular weight is 252 g/mol. The number of carbonyl (C=O) groups is 2. The lowest BCUT2D eigenvalue weighted by Crippen LogP contribution is -2.40. The predicted molar refractivity (Wildman–Crippen MR) is 62.1 cm³/mol. The van der Waals surface area contributed by atoms with E-state index in [4.69, 9.17) is 9.63 Å². The first-order chi connectivity index (χ1) is 8.58. The van der Waals surface area contributed by atoms with Crippen molar-refractivity contribution < 1.29 is 19.2 Å². The summed E-state index contributed by atoms with van der Waals surface area (Å²) in [6.45, 7) is 2.86. The number of carboxylic acids is 1. The molecular formula is C12H16N2O4. The summed E-state index contributed by atoms with van der Waals surface area (Å²) in [5.74, 6) is -0.389. The first-order valence-electron chi connectivity index (χ1n) is 6.00. The summed E-state index contributed by atoms with van der Waals surface area (Å²) >= 11 is 0. The minimum Gasteiger partial charge on any atom is -0.481 e. The third-order valence-electron chi connectivity index (χ3n) is 3.25.